The number of carbonyl (C=O) groups is 2. The van der Waals surface area contributed by atoms with E-state index < -0.39 is 0 Å². The molecule has 0 fully saturated rings. The van der Waals surface area contributed by atoms with Crippen LogP contribution >= 0.6 is 0 Å². The molecule has 0 radical (unpaired) electrons. The van der Waals surface area contributed by atoms with Gasteiger partial charge < -0.3 is 19.5 Å². The quantitative estimate of drug-likeness (QED) is 0.172. The molecule has 4 aromatic rings. The zero-order valence-electron chi connectivity index (χ0n) is 24.7. The van der Waals surface area contributed by atoms with Crippen LogP contribution in [0.25, 0.3) is 10.9 Å². The number of aromatic nitrogens is 1. The Morgan fingerprint density at radius 1 is 0.780 bits per heavy atom. The molecule has 0 spiro atoms. The second-order valence-corrected chi connectivity index (χ2v) is 10.5. The number of H-pyrrole nitrogens is 1. The van der Waals surface area contributed by atoms with Crippen molar-refractivity contribution in [1.82, 2.24) is 14.8 Å². The summed E-state index contributed by atoms with van der Waals surface area (Å²) in [5.74, 6) is 0.660. The number of aromatic amines is 1. The maximum atomic E-state index is 13.8. The fourth-order valence-corrected chi connectivity index (χ4v) is 5.13. The second-order valence-electron chi connectivity index (χ2n) is 10.5. The molecule has 2 amide bonds. The Balaban J connectivity index is 1.50. The predicted molar refractivity (Wildman–Crippen MR) is 166 cm³/mol. The van der Waals surface area contributed by atoms with E-state index in [2.05, 4.69) is 24.0 Å². The number of para-hydroxylation sites is 1. The summed E-state index contributed by atoms with van der Waals surface area (Å²) >= 11 is 0. The van der Waals surface area contributed by atoms with Crippen molar-refractivity contribution < 1.29 is 14.3 Å². The maximum Gasteiger partial charge on any atom is 0.254 e. The van der Waals surface area contributed by atoms with E-state index in [9.17, 15) is 9.59 Å². The zero-order chi connectivity index (χ0) is 29.0. The van der Waals surface area contributed by atoms with Gasteiger partial charge in [-0.2, -0.15) is 0 Å². The van der Waals surface area contributed by atoms with Gasteiger partial charge in [0.15, 0.2) is 0 Å². The van der Waals surface area contributed by atoms with Crippen molar-refractivity contribution in [3.8, 4) is 5.75 Å². The topological polar surface area (TPSA) is 65.6 Å². The SMILES string of the molecule is CCCCc1ccc(C(=O)N(CCC)CC(=O)N(CCc2c[nH]c3ccccc23)Cc2ccc(OCC)cc2)cc1. The van der Waals surface area contributed by atoms with Gasteiger partial charge in [0.2, 0.25) is 5.91 Å². The van der Waals surface area contributed by atoms with E-state index in [-0.39, 0.29) is 18.4 Å². The minimum absolute atomic E-state index is 0.0508. The fourth-order valence-electron chi connectivity index (χ4n) is 5.13. The molecule has 0 aliphatic carbocycles. The van der Waals surface area contributed by atoms with E-state index in [4.69, 9.17) is 4.74 Å². The van der Waals surface area contributed by atoms with E-state index >= 15 is 0 Å². The third-order valence-electron chi connectivity index (χ3n) is 7.41. The molecule has 1 heterocycles. The standard InChI is InChI=1S/C35H43N3O3/c1-4-7-10-27-13-17-29(18-14-27)35(40)38(22-5-2)26-34(39)37(25-28-15-19-31(20-16-28)41-6-3)23-21-30-24-36-33-12-9-8-11-32(30)33/h8-9,11-20,24,36H,4-7,10,21-23,25-26H2,1-3H3. The van der Waals surface area contributed by atoms with Gasteiger partial charge in [-0.1, -0.05) is 62.7 Å². The van der Waals surface area contributed by atoms with Gasteiger partial charge >= 0.3 is 0 Å². The lowest BCUT2D eigenvalue weighted by molar-refractivity contribution is -0.132. The highest BCUT2D eigenvalue weighted by atomic mass is 16.5. The second kappa shape index (κ2) is 15.1. The number of rotatable bonds is 15. The van der Waals surface area contributed by atoms with Gasteiger partial charge in [0, 0.05) is 42.3 Å². The van der Waals surface area contributed by atoms with Crippen molar-refractivity contribution in [2.45, 2.75) is 59.4 Å². The van der Waals surface area contributed by atoms with Crippen LogP contribution in [0.3, 0.4) is 0 Å². The molecule has 0 atom stereocenters. The maximum absolute atomic E-state index is 13.8. The highest BCUT2D eigenvalue weighted by Gasteiger charge is 2.22. The third kappa shape index (κ3) is 8.23. The van der Waals surface area contributed by atoms with Crippen LogP contribution in [0.5, 0.6) is 5.75 Å². The Morgan fingerprint density at radius 2 is 1.51 bits per heavy atom. The first-order valence-corrected chi connectivity index (χ1v) is 14.9. The Labute approximate surface area is 244 Å². The molecule has 0 aliphatic rings. The van der Waals surface area contributed by atoms with Crippen LogP contribution in [0.15, 0.2) is 79.0 Å². The fraction of sp³-hybridized carbons (Fsp3) is 0.371. The van der Waals surface area contributed by atoms with Gasteiger partial charge in [0.1, 0.15) is 12.3 Å². The van der Waals surface area contributed by atoms with Gasteiger partial charge in [0.25, 0.3) is 5.91 Å². The Morgan fingerprint density at radius 3 is 2.22 bits per heavy atom. The molecule has 6 nitrogen and oxygen atoms in total. The number of aryl methyl sites for hydroxylation is 1. The third-order valence-corrected chi connectivity index (χ3v) is 7.41. The highest BCUT2D eigenvalue weighted by Crippen LogP contribution is 2.20. The van der Waals surface area contributed by atoms with Crippen LogP contribution in [-0.2, 0) is 24.2 Å². The average molecular weight is 554 g/mol. The molecule has 0 bridgehead atoms. The van der Waals surface area contributed by atoms with Gasteiger partial charge in [-0.3, -0.25) is 9.59 Å². The first-order valence-electron chi connectivity index (χ1n) is 14.9. The number of hydrogen-bond donors (Lipinski definition) is 1. The molecule has 0 saturated heterocycles. The number of nitrogens with zero attached hydrogens (tertiary/aromatic N) is 2. The summed E-state index contributed by atoms with van der Waals surface area (Å²) in [7, 11) is 0. The molecular formula is C35H43N3O3. The lowest BCUT2D eigenvalue weighted by Crippen LogP contribution is -2.43. The van der Waals surface area contributed by atoms with Crippen molar-refractivity contribution in [2.24, 2.45) is 0 Å². The molecule has 216 valence electrons. The van der Waals surface area contributed by atoms with Crippen LogP contribution in [0.4, 0.5) is 0 Å². The Bertz CT molecular complexity index is 1390. The molecule has 0 saturated carbocycles. The molecule has 6 heteroatoms. The van der Waals surface area contributed by atoms with Gasteiger partial charge in [-0.15, -0.1) is 0 Å². The largest absolute Gasteiger partial charge is 0.494 e. The predicted octanol–water partition coefficient (Wildman–Crippen LogP) is 7.03. The number of ether oxygens (including phenoxy) is 1. The molecule has 1 N–H and O–H groups in total. The Hall–Kier alpha value is -4.06. The van der Waals surface area contributed by atoms with E-state index in [1.165, 1.54) is 16.5 Å². The van der Waals surface area contributed by atoms with Gasteiger partial charge in [-0.05, 0) is 79.6 Å². The van der Waals surface area contributed by atoms with Gasteiger partial charge in [0.05, 0.1) is 6.61 Å². The average Bonchev–Trinajstić information content (AvgIpc) is 3.42. The summed E-state index contributed by atoms with van der Waals surface area (Å²) in [6, 6.07) is 24.0. The minimum Gasteiger partial charge on any atom is -0.494 e. The van der Waals surface area contributed by atoms with E-state index in [1.807, 2.05) is 85.6 Å². The summed E-state index contributed by atoms with van der Waals surface area (Å²) < 4.78 is 5.60. The molecule has 4 rings (SSSR count). The van der Waals surface area contributed by atoms with E-state index in [1.54, 1.807) is 4.90 Å². The number of hydrogen-bond acceptors (Lipinski definition) is 3. The smallest absolute Gasteiger partial charge is 0.254 e. The number of nitrogens with one attached hydrogen (secondary N) is 1. The molecule has 0 aliphatic heterocycles. The van der Waals surface area contributed by atoms with Crippen molar-refractivity contribution >= 4 is 22.7 Å². The van der Waals surface area contributed by atoms with E-state index in [0.717, 1.165) is 42.5 Å². The zero-order valence-corrected chi connectivity index (χ0v) is 24.7. The summed E-state index contributed by atoms with van der Waals surface area (Å²) in [5, 5.41) is 1.17. The minimum atomic E-state index is -0.0973. The van der Waals surface area contributed by atoms with Crippen LogP contribution in [0, 0.1) is 0 Å². The normalized spacial score (nSPS) is 11.0. The van der Waals surface area contributed by atoms with Crippen LogP contribution < -0.4 is 4.74 Å². The first kappa shape index (κ1) is 29.9. The van der Waals surface area contributed by atoms with Gasteiger partial charge in [-0.25, -0.2) is 0 Å². The van der Waals surface area contributed by atoms with Crippen molar-refractivity contribution in [2.75, 3.05) is 26.2 Å². The molecular weight excluding hydrogens is 510 g/mol. The van der Waals surface area contributed by atoms with Crippen molar-refractivity contribution in [3.05, 3.63) is 101 Å². The molecule has 3 aromatic carbocycles. The molecule has 1 aromatic heterocycles. The summed E-state index contributed by atoms with van der Waals surface area (Å²) in [4.78, 5) is 34.2. The molecule has 41 heavy (non-hydrogen) atoms. The number of amides is 2. The first-order chi connectivity index (χ1) is 20.0. The summed E-state index contributed by atoms with van der Waals surface area (Å²) in [6.07, 6.45) is 6.81. The highest BCUT2D eigenvalue weighted by molar-refractivity contribution is 5.96. The molecule has 0 unspecified atom stereocenters. The summed E-state index contributed by atoms with van der Waals surface area (Å²) in [6.45, 7) is 8.38. The lowest BCUT2D eigenvalue weighted by Gasteiger charge is -2.28. The number of benzene rings is 3. The van der Waals surface area contributed by atoms with Crippen LogP contribution in [0.2, 0.25) is 0 Å². The number of fused-ring (bicyclic) bond motifs is 1. The van der Waals surface area contributed by atoms with Crippen LogP contribution in [-0.4, -0.2) is 52.8 Å². The monoisotopic (exact) mass is 553 g/mol. The van der Waals surface area contributed by atoms with Crippen molar-refractivity contribution in [3.63, 3.8) is 0 Å². The lowest BCUT2D eigenvalue weighted by atomic mass is 10.1. The van der Waals surface area contributed by atoms with Crippen molar-refractivity contribution in [1.29, 1.82) is 0 Å². The van der Waals surface area contributed by atoms with E-state index in [0.29, 0.717) is 38.2 Å². The number of carbonyl (C=O) groups excluding carboxylic acids is 2. The summed E-state index contributed by atoms with van der Waals surface area (Å²) in [5.41, 5.74) is 5.16. The number of unbranched alkanes of at least 4 members (excludes halogenated alkanes) is 1. The Kier molecular flexibility index (Phi) is 11.0. The van der Waals surface area contributed by atoms with Crippen LogP contribution in [0.1, 0.15) is 67.1 Å².